The minimum atomic E-state index is -0.0854. The molecule has 0 aliphatic carbocycles. The van der Waals surface area contributed by atoms with Crippen LogP contribution in [-0.2, 0) is 9.53 Å². The van der Waals surface area contributed by atoms with Crippen molar-refractivity contribution in [3.8, 4) is 5.82 Å². The molecule has 9 nitrogen and oxygen atoms in total. The number of amides is 1. The van der Waals surface area contributed by atoms with Crippen molar-refractivity contribution in [2.75, 3.05) is 54.5 Å². The molecule has 2 aliphatic heterocycles. The lowest BCUT2D eigenvalue weighted by atomic mass is 9.97. The Morgan fingerprint density at radius 3 is 2.47 bits per heavy atom. The predicted molar refractivity (Wildman–Crippen MR) is 122 cm³/mol. The van der Waals surface area contributed by atoms with Crippen molar-refractivity contribution < 1.29 is 9.53 Å². The summed E-state index contributed by atoms with van der Waals surface area (Å²) in [5, 5.41) is 11.8. The normalized spacial score (nSPS) is 19.1. The van der Waals surface area contributed by atoms with Gasteiger partial charge in [-0.2, -0.15) is 0 Å². The Balaban J connectivity index is 1.19. The van der Waals surface area contributed by atoms with E-state index in [9.17, 15) is 4.79 Å². The Morgan fingerprint density at radius 1 is 0.969 bits per heavy atom. The summed E-state index contributed by atoms with van der Waals surface area (Å²) in [4.78, 5) is 21.4. The number of carbonyl (C=O) groups excluding carboxylic acids is 1. The molecule has 1 N–H and O–H groups in total. The van der Waals surface area contributed by atoms with Crippen LogP contribution in [0.4, 0.5) is 17.2 Å². The second-order valence-corrected chi connectivity index (χ2v) is 8.14. The van der Waals surface area contributed by atoms with E-state index in [1.54, 1.807) is 12.5 Å². The van der Waals surface area contributed by atoms with Crippen LogP contribution >= 0.6 is 0 Å². The third-order valence-electron chi connectivity index (χ3n) is 6.03. The van der Waals surface area contributed by atoms with Crippen molar-refractivity contribution in [3.05, 3.63) is 55.1 Å². The maximum absolute atomic E-state index is 12.9. The molecule has 9 heteroatoms. The number of hydrogen-bond donors (Lipinski definition) is 1. The molecule has 2 aliphatic rings. The quantitative estimate of drug-likeness (QED) is 0.661. The van der Waals surface area contributed by atoms with Gasteiger partial charge in [0, 0.05) is 49.9 Å². The molecule has 2 fully saturated rings. The average Bonchev–Trinajstić information content (AvgIpc) is 3.40. The SMILES string of the molecule is O=C(Nc1ccc(N2CCOCC2)cc1)[C@H]1CCCN(c2ccc(-n3ccnc3)nn2)C1. The molecule has 1 atom stereocenters. The number of nitrogens with zero attached hydrogens (tertiary/aromatic N) is 6. The lowest BCUT2D eigenvalue weighted by Gasteiger charge is -2.32. The third kappa shape index (κ3) is 4.57. The summed E-state index contributed by atoms with van der Waals surface area (Å²) in [7, 11) is 0. The van der Waals surface area contributed by atoms with Crippen molar-refractivity contribution >= 4 is 23.1 Å². The molecule has 1 amide bonds. The molecule has 0 spiro atoms. The van der Waals surface area contributed by atoms with Gasteiger partial charge in [0.2, 0.25) is 5.91 Å². The first kappa shape index (κ1) is 20.4. The van der Waals surface area contributed by atoms with Gasteiger partial charge in [0.15, 0.2) is 11.6 Å². The van der Waals surface area contributed by atoms with E-state index in [1.807, 2.05) is 35.0 Å². The molecule has 5 rings (SSSR count). The summed E-state index contributed by atoms with van der Waals surface area (Å²) >= 11 is 0. The number of benzene rings is 1. The van der Waals surface area contributed by atoms with Crippen LogP contribution in [0, 0.1) is 5.92 Å². The van der Waals surface area contributed by atoms with Gasteiger partial charge >= 0.3 is 0 Å². The number of carbonyl (C=O) groups is 1. The molecule has 2 aromatic heterocycles. The molecule has 32 heavy (non-hydrogen) atoms. The van der Waals surface area contributed by atoms with Gasteiger partial charge < -0.3 is 19.9 Å². The summed E-state index contributed by atoms with van der Waals surface area (Å²) < 4.78 is 7.23. The highest BCUT2D eigenvalue weighted by Gasteiger charge is 2.27. The monoisotopic (exact) mass is 433 g/mol. The maximum atomic E-state index is 12.9. The van der Waals surface area contributed by atoms with Crippen LogP contribution in [0.2, 0.25) is 0 Å². The molecule has 0 unspecified atom stereocenters. The standard InChI is InChI=1S/C23H27N7O2/c31-23(25-19-3-5-20(6-4-19)28-12-14-32-15-13-28)18-2-1-10-29(16-18)21-7-8-22(27-26-21)30-11-9-24-17-30/h3-9,11,17-18H,1-2,10,12-16H2,(H,25,31)/t18-/m0/s1. The maximum Gasteiger partial charge on any atom is 0.229 e. The van der Waals surface area contributed by atoms with Crippen LogP contribution < -0.4 is 15.1 Å². The van der Waals surface area contributed by atoms with Crippen molar-refractivity contribution in [3.63, 3.8) is 0 Å². The van der Waals surface area contributed by atoms with Crippen LogP contribution in [0.25, 0.3) is 5.82 Å². The number of morpholine rings is 1. The zero-order valence-corrected chi connectivity index (χ0v) is 17.9. The highest BCUT2D eigenvalue weighted by atomic mass is 16.5. The molecular formula is C23H27N7O2. The topological polar surface area (TPSA) is 88.4 Å². The highest BCUT2D eigenvalue weighted by Crippen LogP contribution is 2.24. The van der Waals surface area contributed by atoms with Crippen LogP contribution in [-0.4, -0.2) is 65.0 Å². The van der Waals surface area contributed by atoms with Gasteiger partial charge in [-0.25, -0.2) is 4.98 Å². The van der Waals surface area contributed by atoms with E-state index in [0.717, 1.165) is 68.7 Å². The van der Waals surface area contributed by atoms with E-state index in [-0.39, 0.29) is 11.8 Å². The van der Waals surface area contributed by atoms with Gasteiger partial charge in [-0.3, -0.25) is 9.36 Å². The minimum Gasteiger partial charge on any atom is -0.378 e. The Kier molecular flexibility index (Phi) is 5.98. The fourth-order valence-corrected chi connectivity index (χ4v) is 4.24. The summed E-state index contributed by atoms with van der Waals surface area (Å²) in [6, 6.07) is 11.9. The van der Waals surface area contributed by atoms with Gasteiger partial charge in [0.1, 0.15) is 6.33 Å². The molecule has 4 heterocycles. The highest BCUT2D eigenvalue weighted by molar-refractivity contribution is 5.93. The number of imidazole rings is 1. The Labute approximate surface area is 187 Å². The zero-order valence-electron chi connectivity index (χ0n) is 17.9. The van der Waals surface area contributed by atoms with Gasteiger partial charge in [-0.1, -0.05) is 0 Å². The average molecular weight is 434 g/mol. The van der Waals surface area contributed by atoms with Crippen LogP contribution in [0.15, 0.2) is 55.1 Å². The molecule has 0 radical (unpaired) electrons. The van der Waals surface area contributed by atoms with Gasteiger partial charge in [0.05, 0.1) is 19.1 Å². The smallest absolute Gasteiger partial charge is 0.229 e. The Hall–Kier alpha value is -3.46. The molecule has 2 saturated heterocycles. The number of anilines is 3. The fraction of sp³-hybridized carbons (Fsp3) is 0.391. The summed E-state index contributed by atoms with van der Waals surface area (Å²) in [5.41, 5.74) is 1.99. The lowest BCUT2D eigenvalue weighted by Crippen LogP contribution is -2.41. The first-order valence-corrected chi connectivity index (χ1v) is 11.1. The number of ether oxygens (including phenoxy) is 1. The lowest BCUT2D eigenvalue weighted by molar-refractivity contribution is -0.120. The molecule has 0 bridgehead atoms. The number of hydrogen-bond acceptors (Lipinski definition) is 7. The van der Waals surface area contributed by atoms with Crippen LogP contribution in [0.3, 0.4) is 0 Å². The molecule has 3 aromatic rings. The molecule has 166 valence electrons. The van der Waals surface area contributed by atoms with Crippen molar-refractivity contribution in [1.82, 2.24) is 19.7 Å². The molecule has 0 saturated carbocycles. The minimum absolute atomic E-state index is 0.0526. The summed E-state index contributed by atoms with van der Waals surface area (Å²) in [6.45, 7) is 4.82. The van der Waals surface area contributed by atoms with Crippen molar-refractivity contribution in [2.45, 2.75) is 12.8 Å². The Bertz CT molecular complexity index is 1020. The fourth-order valence-electron chi connectivity index (χ4n) is 4.24. The predicted octanol–water partition coefficient (Wildman–Crippen LogP) is 2.35. The third-order valence-corrected chi connectivity index (χ3v) is 6.03. The second-order valence-electron chi connectivity index (χ2n) is 8.14. The van der Waals surface area contributed by atoms with Crippen molar-refractivity contribution in [1.29, 1.82) is 0 Å². The molecular weight excluding hydrogens is 406 g/mol. The van der Waals surface area contributed by atoms with Crippen LogP contribution in [0.5, 0.6) is 0 Å². The van der Waals surface area contributed by atoms with Gasteiger partial charge in [0.25, 0.3) is 0 Å². The van der Waals surface area contributed by atoms with E-state index in [2.05, 4.69) is 42.4 Å². The first-order chi connectivity index (χ1) is 15.8. The van der Waals surface area contributed by atoms with Crippen LogP contribution in [0.1, 0.15) is 12.8 Å². The zero-order chi connectivity index (χ0) is 21.8. The second kappa shape index (κ2) is 9.35. The van der Waals surface area contributed by atoms with Crippen molar-refractivity contribution in [2.24, 2.45) is 5.92 Å². The Morgan fingerprint density at radius 2 is 1.75 bits per heavy atom. The molecule has 1 aromatic carbocycles. The van der Waals surface area contributed by atoms with Gasteiger partial charge in [-0.15, -0.1) is 10.2 Å². The van der Waals surface area contributed by atoms with E-state index in [1.165, 1.54) is 0 Å². The van der Waals surface area contributed by atoms with E-state index < -0.39 is 0 Å². The summed E-state index contributed by atoms with van der Waals surface area (Å²) in [6.07, 6.45) is 7.05. The van der Waals surface area contributed by atoms with E-state index in [0.29, 0.717) is 6.54 Å². The number of aromatic nitrogens is 4. The number of piperidine rings is 1. The number of rotatable bonds is 5. The van der Waals surface area contributed by atoms with Gasteiger partial charge in [-0.05, 0) is 49.2 Å². The largest absolute Gasteiger partial charge is 0.378 e. The number of nitrogens with one attached hydrogen (secondary N) is 1. The van der Waals surface area contributed by atoms with E-state index >= 15 is 0 Å². The first-order valence-electron chi connectivity index (χ1n) is 11.1. The van der Waals surface area contributed by atoms with E-state index in [4.69, 9.17) is 4.74 Å². The summed E-state index contributed by atoms with van der Waals surface area (Å²) in [5.74, 6) is 1.48.